The van der Waals surface area contributed by atoms with Gasteiger partial charge in [0.05, 0.1) is 0 Å². The minimum atomic E-state index is -0.326. The second-order valence-corrected chi connectivity index (χ2v) is 6.86. The second-order valence-electron chi connectivity index (χ2n) is 4.81. The molecular weight excluding hydrogens is 341 g/mol. The summed E-state index contributed by atoms with van der Waals surface area (Å²) in [6, 6.07) is 18.3. The van der Waals surface area contributed by atoms with Crippen LogP contribution in [0, 0.1) is 11.3 Å². The van der Waals surface area contributed by atoms with E-state index in [9.17, 15) is 9.59 Å². The first kappa shape index (κ1) is 16.2. The van der Waals surface area contributed by atoms with Gasteiger partial charge in [-0.05, 0) is 0 Å². The predicted octanol–water partition coefficient (Wildman–Crippen LogP) is 3.19. The zero-order chi connectivity index (χ0) is 15.9. The number of benzene rings is 2. The Balaban J connectivity index is 2.22. The number of nitrogens with zero attached hydrogens (tertiary/aromatic N) is 1. The van der Waals surface area contributed by atoms with Crippen LogP contribution in [-0.4, -0.2) is 25.4 Å². The molecule has 0 bridgehead atoms. The van der Waals surface area contributed by atoms with Gasteiger partial charge in [-0.15, -0.1) is 0 Å². The van der Waals surface area contributed by atoms with Gasteiger partial charge in [0.2, 0.25) is 0 Å². The number of carbonyl (C=O) groups is 2. The van der Waals surface area contributed by atoms with Crippen LogP contribution in [0.5, 0.6) is 0 Å². The molecule has 0 heterocycles. The van der Waals surface area contributed by atoms with Crippen molar-refractivity contribution in [1.29, 1.82) is 5.26 Å². The van der Waals surface area contributed by atoms with E-state index in [1.165, 1.54) is 0 Å². The predicted molar refractivity (Wildman–Crippen MR) is 85.9 cm³/mol. The number of hydrogen-bond donors (Lipinski definition) is 0. The van der Waals surface area contributed by atoms with E-state index in [-0.39, 0.29) is 31.3 Å². The van der Waals surface area contributed by atoms with Gasteiger partial charge in [-0.1, -0.05) is 0 Å². The van der Waals surface area contributed by atoms with Crippen molar-refractivity contribution < 1.29 is 9.59 Å². The Morgan fingerprint density at radius 3 is 2.45 bits per heavy atom. The van der Waals surface area contributed by atoms with E-state index >= 15 is 0 Å². The monoisotopic (exact) mass is 357 g/mol. The molecule has 1 unspecified atom stereocenters. The molecule has 22 heavy (non-hydrogen) atoms. The molecule has 3 nitrogen and oxygen atoms in total. The van der Waals surface area contributed by atoms with Gasteiger partial charge in [-0.2, -0.15) is 0 Å². The van der Waals surface area contributed by atoms with E-state index in [1.54, 1.807) is 30.3 Å². The Labute approximate surface area is 136 Å². The van der Waals surface area contributed by atoms with Crippen molar-refractivity contribution in [3.63, 3.8) is 0 Å². The van der Waals surface area contributed by atoms with E-state index in [4.69, 9.17) is 5.26 Å². The van der Waals surface area contributed by atoms with Gasteiger partial charge in [-0.25, -0.2) is 0 Å². The Kier molecular flexibility index (Phi) is 5.66. The summed E-state index contributed by atoms with van der Waals surface area (Å²) in [6.07, 6.45) is 0. The molecule has 0 aliphatic carbocycles. The van der Waals surface area contributed by atoms with Crippen LogP contribution < -0.4 is 0 Å². The van der Waals surface area contributed by atoms with Crippen molar-refractivity contribution in [3.8, 4) is 6.07 Å². The summed E-state index contributed by atoms with van der Waals surface area (Å²) < 4.78 is 0.0818. The summed E-state index contributed by atoms with van der Waals surface area (Å²) in [7, 11) is 0. The molecule has 0 spiro atoms. The third kappa shape index (κ3) is 3.91. The van der Waals surface area contributed by atoms with Gasteiger partial charge < -0.3 is 0 Å². The average Bonchev–Trinajstić information content (AvgIpc) is 2.59. The zero-order valence-electron chi connectivity index (χ0n) is 12.2. The van der Waals surface area contributed by atoms with E-state index in [0.29, 0.717) is 16.4 Å². The van der Waals surface area contributed by atoms with Gasteiger partial charge in [0.15, 0.2) is 0 Å². The Morgan fingerprint density at radius 2 is 1.77 bits per heavy atom. The summed E-state index contributed by atoms with van der Waals surface area (Å²) >= 11 is -0.326. The van der Waals surface area contributed by atoms with Gasteiger partial charge in [0, 0.05) is 0 Å². The van der Waals surface area contributed by atoms with E-state index in [0.717, 1.165) is 5.56 Å². The van der Waals surface area contributed by atoms with Crippen molar-refractivity contribution >= 4 is 25.4 Å². The molecule has 2 rings (SSSR count). The van der Waals surface area contributed by atoms with E-state index in [1.807, 2.05) is 37.3 Å². The maximum absolute atomic E-state index is 12.4. The molecule has 0 fully saturated rings. The van der Waals surface area contributed by atoms with Crippen molar-refractivity contribution in [2.24, 2.45) is 0 Å². The molecule has 110 valence electrons. The van der Waals surface area contributed by atoms with Crippen molar-refractivity contribution in [3.05, 3.63) is 71.3 Å². The molecule has 0 saturated heterocycles. The number of nitriles is 1. The van der Waals surface area contributed by atoms with Gasteiger partial charge in [0.25, 0.3) is 0 Å². The fourth-order valence-electron chi connectivity index (χ4n) is 2.07. The molecular formula is C18H15NO2Se. The maximum atomic E-state index is 12.4. The van der Waals surface area contributed by atoms with Crippen LogP contribution in [0.4, 0.5) is 0 Å². The zero-order valence-corrected chi connectivity index (χ0v) is 13.9. The van der Waals surface area contributed by atoms with Crippen molar-refractivity contribution in [2.75, 3.05) is 0 Å². The van der Waals surface area contributed by atoms with Gasteiger partial charge in [0.1, 0.15) is 0 Å². The Bertz CT molecular complexity index is 719. The number of ketones is 1. The third-order valence-electron chi connectivity index (χ3n) is 3.32. The van der Waals surface area contributed by atoms with Crippen LogP contribution in [0.15, 0.2) is 54.6 Å². The SMILES string of the molecule is CC(C(=O)[Se]CC#N)c1cccc(C(=O)c2ccccc2)c1. The molecule has 1 atom stereocenters. The van der Waals surface area contributed by atoms with Gasteiger partial charge in [-0.3, -0.25) is 0 Å². The molecule has 0 amide bonds. The summed E-state index contributed by atoms with van der Waals surface area (Å²) in [4.78, 5) is 24.5. The van der Waals surface area contributed by atoms with Crippen molar-refractivity contribution in [2.45, 2.75) is 18.2 Å². The number of hydrogen-bond acceptors (Lipinski definition) is 3. The van der Waals surface area contributed by atoms with Crippen molar-refractivity contribution in [1.82, 2.24) is 0 Å². The minimum absolute atomic E-state index is 0.0513. The van der Waals surface area contributed by atoms with Crippen LogP contribution in [0.2, 0.25) is 5.32 Å². The molecule has 2 aromatic rings. The molecule has 0 N–H and O–H groups in total. The number of carbonyl (C=O) groups excluding carboxylic acids is 2. The molecule has 0 aromatic heterocycles. The van der Waals surface area contributed by atoms with Crippen LogP contribution in [0.25, 0.3) is 0 Å². The summed E-state index contributed by atoms with van der Waals surface area (Å²) in [5, 5.41) is 8.87. The first-order valence-electron chi connectivity index (χ1n) is 6.86. The second kappa shape index (κ2) is 7.70. The van der Waals surface area contributed by atoms with Crippen LogP contribution in [-0.2, 0) is 4.79 Å². The Morgan fingerprint density at radius 1 is 1.09 bits per heavy atom. The fourth-order valence-corrected chi connectivity index (χ4v) is 3.31. The first-order valence-corrected chi connectivity index (χ1v) is 8.93. The molecule has 2 aromatic carbocycles. The standard InChI is InChI=1S/C18H15NO2Se/c1-13(18(21)22-11-10-19)15-8-5-9-16(12-15)17(20)14-6-3-2-4-7-14/h2-9,12-13H,11H2,1H3. The third-order valence-corrected chi connectivity index (χ3v) is 5.23. The first-order chi connectivity index (χ1) is 10.6. The van der Waals surface area contributed by atoms with Crippen LogP contribution in [0.1, 0.15) is 34.3 Å². The molecule has 0 aliphatic heterocycles. The summed E-state index contributed by atoms with van der Waals surface area (Å²) in [6.45, 7) is 1.83. The number of rotatable bonds is 6. The van der Waals surface area contributed by atoms with Gasteiger partial charge >= 0.3 is 136 Å². The molecule has 0 aliphatic rings. The fraction of sp³-hybridized carbons (Fsp3) is 0.167. The molecule has 4 heteroatoms. The van der Waals surface area contributed by atoms with E-state index < -0.39 is 0 Å². The summed E-state index contributed by atoms with van der Waals surface area (Å²) in [5.74, 6) is -0.332. The molecule has 0 radical (unpaired) electrons. The van der Waals surface area contributed by atoms with Crippen LogP contribution in [0.3, 0.4) is 0 Å². The van der Waals surface area contributed by atoms with Crippen LogP contribution >= 0.6 is 0 Å². The summed E-state index contributed by atoms with van der Waals surface area (Å²) in [5.41, 5.74) is 2.04. The quantitative estimate of drug-likeness (QED) is 0.590. The van der Waals surface area contributed by atoms with E-state index in [2.05, 4.69) is 0 Å². The molecule has 0 saturated carbocycles. The topological polar surface area (TPSA) is 57.9 Å². The Hall–Kier alpha value is -2.21. The average molecular weight is 356 g/mol. The normalized spacial score (nSPS) is 11.5.